The van der Waals surface area contributed by atoms with Gasteiger partial charge < -0.3 is 20.1 Å². The van der Waals surface area contributed by atoms with Gasteiger partial charge >= 0.3 is 0 Å². The molecule has 0 aromatic heterocycles. The van der Waals surface area contributed by atoms with Gasteiger partial charge in [-0.25, -0.2) is 0 Å². The maximum Gasteiger partial charge on any atom is 0.241 e. The lowest BCUT2D eigenvalue weighted by molar-refractivity contribution is -0.117. The molecule has 1 heterocycles. The Labute approximate surface area is 117 Å². The Hall–Kier alpha value is -1.46. The molecule has 5 nitrogen and oxygen atoms in total. The van der Waals surface area contributed by atoms with E-state index in [1.165, 1.54) is 14.2 Å². The molecule has 1 aliphatic heterocycles. The smallest absolute Gasteiger partial charge is 0.241 e. The molecule has 6 heteroatoms. The molecule has 1 atom stereocenters. The lowest BCUT2D eigenvalue weighted by Gasteiger charge is -2.15. The monoisotopic (exact) mass is 284 g/mol. The fourth-order valence-electron chi connectivity index (χ4n) is 2.08. The summed E-state index contributed by atoms with van der Waals surface area (Å²) in [6, 6.07) is 3.13. The van der Waals surface area contributed by atoms with E-state index in [4.69, 9.17) is 21.1 Å². The van der Waals surface area contributed by atoms with Gasteiger partial charge in [0.25, 0.3) is 0 Å². The highest BCUT2D eigenvalue weighted by Crippen LogP contribution is 2.36. The van der Waals surface area contributed by atoms with Crippen molar-refractivity contribution in [3.63, 3.8) is 0 Å². The molecule has 104 valence electrons. The van der Waals surface area contributed by atoms with E-state index < -0.39 is 0 Å². The molecule has 2 N–H and O–H groups in total. The quantitative estimate of drug-likeness (QED) is 0.888. The zero-order valence-corrected chi connectivity index (χ0v) is 11.7. The number of hydrogen-bond acceptors (Lipinski definition) is 4. The number of hydrogen-bond donors (Lipinski definition) is 2. The minimum atomic E-state index is -0.149. The number of halogens is 1. The van der Waals surface area contributed by atoms with Crippen LogP contribution in [0, 0.1) is 0 Å². The number of methoxy groups -OCH3 is 2. The molecular weight excluding hydrogens is 268 g/mol. The minimum absolute atomic E-state index is 0.0772. The Morgan fingerprint density at radius 3 is 2.63 bits per heavy atom. The lowest BCUT2D eigenvalue weighted by Crippen LogP contribution is -2.35. The molecule has 0 bridgehead atoms. The number of anilines is 1. The maximum absolute atomic E-state index is 12.0. The molecular formula is C13H17ClN2O3. The standard InChI is InChI=1S/C13H17ClN2O3/c1-18-11-6-8(14)10(7-12(11)19-2)16-13(17)9-4-3-5-15-9/h6-7,9,15H,3-5H2,1-2H3,(H,16,17)/t9-/m0/s1. The minimum Gasteiger partial charge on any atom is -0.493 e. The number of ether oxygens (including phenoxy) is 2. The van der Waals surface area contributed by atoms with E-state index in [9.17, 15) is 4.79 Å². The molecule has 19 heavy (non-hydrogen) atoms. The molecule has 0 spiro atoms. The summed E-state index contributed by atoms with van der Waals surface area (Å²) in [5.74, 6) is 0.984. The normalized spacial score (nSPS) is 18.2. The van der Waals surface area contributed by atoms with E-state index in [1.54, 1.807) is 12.1 Å². The summed E-state index contributed by atoms with van der Waals surface area (Å²) in [6.07, 6.45) is 1.86. The van der Waals surface area contributed by atoms with Crippen molar-refractivity contribution in [2.75, 3.05) is 26.1 Å². The van der Waals surface area contributed by atoms with Crippen molar-refractivity contribution in [2.45, 2.75) is 18.9 Å². The Kier molecular flexibility index (Phi) is 4.50. The van der Waals surface area contributed by atoms with E-state index in [-0.39, 0.29) is 11.9 Å². The first-order valence-corrected chi connectivity index (χ1v) is 6.49. The van der Waals surface area contributed by atoms with Crippen LogP contribution in [0.15, 0.2) is 12.1 Å². The fourth-order valence-corrected chi connectivity index (χ4v) is 2.28. The number of amides is 1. The second-order valence-corrected chi connectivity index (χ2v) is 4.73. The third kappa shape index (κ3) is 3.11. The van der Waals surface area contributed by atoms with Crippen LogP contribution in [-0.4, -0.2) is 32.7 Å². The molecule has 1 aromatic rings. The van der Waals surface area contributed by atoms with Gasteiger partial charge in [-0.15, -0.1) is 0 Å². The van der Waals surface area contributed by atoms with Crippen LogP contribution in [0.25, 0.3) is 0 Å². The Balaban J connectivity index is 2.17. The topological polar surface area (TPSA) is 59.6 Å². The second kappa shape index (κ2) is 6.12. The van der Waals surface area contributed by atoms with Gasteiger partial charge in [-0.3, -0.25) is 4.79 Å². The van der Waals surface area contributed by atoms with E-state index in [2.05, 4.69) is 10.6 Å². The van der Waals surface area contributed by atoms with Crippen LogP contribution in [0.3, 0.4) is 0 Å². The lowest BCUT2D eigenvalue weighted by atomic mass is 10.2. The predicted molar refractivity (Wildman–Crippen MR) is 74.2 cm³/mol. The van der Waals surface area contributed by atoms with Gasteiger partial charge in [0.1, 0.15) is 0 Å². The second-order valence-electron chi connectivity index (χ2n) is 4.33. The molecule has 1 fully saturated rings. The summed E-state index contributed by atoms with van der Waals surface area (Å²) in [4.78, 5) is 12.0. The predicted octanol–water partition coefficient (Wildman–Crippen LogP) is 2.05. The molecule has 1 saturated heterocycles. The zero-order valence-electron chi connectivity index (χ0n) is 11.0. The summed E-state index contributed by atoms with van der Waals surface area (Å²) in [7, 11) is 3.07. The average molecular weight is 285 g/mol. The molecule has 0 saturated carbocycles. The zero-order chi connectivity index (χ0) is 13.8. The first-order valence-electron chi connectivity index (χ1n) is 6.11. The first kappa shape index (κ1) is 14.0. The number of nitrogens with one attached hydrogen (secondary N) is 2. The van der Waals surface area contributed by atoms with Crippen molar-refractivity contribution in [1.29, 1.82) is 0 Å². The van der Waals surface area contributed by atoms with Crippen molar-refractivity contribution in [1.82, 2.24) is 5.32 Å². The summed E-state index contributed by atoms with van der Waals surface area (Å²) < 4.78 is 10.3. The van der Waals surface area contributed by atoms with Gasteiger partial charge in [0.15, 0.2) is 11.5 Å². The van der Waals surface area contributed by atoms with Crippen LogP contribution in [0.5, 0.6) is 11.5 Å². The highest BCUT2D eigenvalue weighted by Gasteiger charge is 2.23. The molecule has 2 rings (SSSR count). The molecule has 0 aliphatic carbocycles. The van der Waals surface area contributed by atoms with Crippen LogP contribution >= 0.6 is 11.6 Å². The van der Waals surface area contributed by atoms with Crippen LogP contribution in [0.2, 0.25) is 5.02 Å². The number of benzene rings is 1. The van der Waals surface area contributed by atoms with Gasteiger partial charge in [-0.1, -0.05) is 11.6 Å². The summed E-state index contributed by atoms with van der Waals surface area (Å²) in [5.41, 5.74) is 0.526. The SMILES string of the molecule is COc1cc(Cl)c(NC(=O)[C@@H]2CCCN2)cc1OC. The van der Waals surface area contributed by atoms with Crippen LogP contribution < -0.4 is 20.1 Å². The maximum atomic E-state index is 12.0. The first-order chi connectivity index (χ1) is 9.15. The third-order valence-electron chi connectivity index (χ3n) is 3.11. The number of carbonyl (C=O) groups is 1. The highest BCUT2D eigenvalue weighted by atomic mass is 35.5. The molecule has 0 radical (unpaired) electrons. The van der Waals surface area contributed by atoms with E-state index in [0.29, 0.717) is 22.2 Å². The molecule has 1 aliphatic rings. The van der Waals surface area contributed by atoms with Gasteiger partial charge in [-0.05, 0) is 19.4 Å². The van der Waals surface area contributed by atoms with Crippen molar-refractivity contribution in [3.8, 4) is 11.5 Å². The summed E-state index contributed by atoms with van der Waals surface area (Å²) >= 11 is 6.12. The van der Waals surface area contributed by atoms with Crippen molar-refractivity contribution in [3.05, 3.63) is 17.2 Å². The van der Waals surface area contributed by atoms with Crippen LogP contribution in [-0.2, 0) is 4.79 Å². The van der Waals surface area contributed by atoms with Gasteiger partial charge in [0.2, 0.25) is 5.91 Å². The van der Waals surface area contributed by atoms with Crippen LogP contribution in [0.1, 0.15) is 12.8 Å². The van der Waals surface area contributed by atoms with E-state index >= 15 is 0 Å². The molecule has 0 unspecified atom stereocenters. The van der Waals surface area contributed by atoms with Crippen molar-refractivity contribution in [2.24, 2.45) is 0 Å². The number of rotatable bonds is 4. The van der Waals surface area contributed by atoms with Gasteiger partial charge in [-0.2, -0.15) is 0 Å². The average Bonchev–Trinajstić information content (AvgIpc) is 2.94. The fraction of sp³-hybridized carbons (Fsp3) is 0.462. The molecule has 1 aromatic carbocycles. The van der Waals surface area contributed by atoms with Gasteiger partial charge in [0, 0.05) is 12.1 Å². The van der Waals surface area contributed by atoms with Gasteiger partial charge in [0.05, 0.1) is 31.0 Å². The summed E-state index contributed by atoms with van der Waals surface area (Å²) in [5, 5.41) is 6.37. The Bertz CT molecular complexity index is 473. The number of carbonyl (C=O) groups excluding carboxylic acids is 1. The van der Waals surface area contributed by atoms with Crippen molar-refractivity contribution < 1.29 is 14.3 Å². The van der Waals surface area contributed by atoms with Crippen molar-refractivity contribution >= 4 is 23.2 Å². The Morgan fingerprint density at radius 1 is 1.37 bits per heavy atom. The highest BCUT2D eigenvalue weighted by molar-refractivity contribution is 6.34. The summed E-state index contributed by atoms with van der Waals surface area (Å²) in [6.45, 7) is 0.873. The molecule has 1 amide bonds. The third-order valence-corrected chi connectivity index (χ3v) is 3.42. The van der Waals surface area contributed by atoms with Crippen LogP contribution in [0.4, 0.5) is 5.69 Å². The largest absolute Gasteiger partial charge is 0.493 e. The Morgan fingerprint density at radius 2 is 2.05 bits per heavy atom. The van der Waals surface area contributed by atoms with E-state index in [0.717, 1.165) is 19.4 Å². The van der Waals surface area contributed by atoms with E-state index in [1.807, 2.05) is 0 Å².